The minimum absolute atomic E-state index is 0. The maximum absolute atomic E-state index is 11.9. The van der Waals surface area contributed by atoms with E-state index in [0.717, 1.165) is 0 Å². The van der Waals surface area contributed by atoms with Gasteiger partial charge in [0.15, 0.2) is 0 Å². The third-order valence-corrected chi connectivity index (χ3v) is 2.56. The summed E-state index contributed by atoms with van der Waals surface area (Å²) in [5.41, 5.74) is -0.0678. The maximum atomic E-state index is 11.9. The fourth-order valence-electron chi connectivity index (χ4n) is 1.79. The Morgan fingerprint density at radius 1 is 1.50 bits per heavy atom. The van der Waals surface area contributed by atoms with Crippen LogP contribution in [-0.4, -0.2) is 33.7 Å². The van der Waals surface area contributed by atoms with E-state index in [1.54, 1.807) is 20.8 Å². The number of aromatic carboxylic acids is 1. The average molecular weight is 276 g/mol. The number of aromatic nitrogens is 1. The van der Waals surface area contributed by atoms with E-state index < -0.39 is 17.6 Å². The van der Waals surface area contributed by atoms with Crippen LogP contribution in [0.5, 0.6) is 0 Å². The molecule has 0 spiro atoms. The molecule has 2 heterocycles. The van der Waals surface area contributed by atoms with Crippen LogP contribution in [0, 0.1) is 0 Å². The zero-order valence-corrected chi connectivity index (χ0v) is 12.0. The molecule has 0 aromatic carbocycles. The van der Waals surface area contributed by atoms with E-state index in [-0.39, 0.29) is 45.1 Å². The second-order valence-electron chi connectivity index (χ2n) is 5.37. The van der Waals surface area contributed by atoms with Gasteiger partial charge in [-0.2, -0.15) is 0 Å². The predicted molar refractivity (Wildman–Crippen MR) is 64.8 cm³/mol. The molecule has 7 nitrogen and oxygen atoms in total. The van der Waals surface area contributed by atoms with Crippen LogP contribution in [0.2, 0.25) is 0 Å². The zero-order chi connectivity index (χ0) is 14.2. The molecule has 0 saturated heterocycles. The normalized spacial score (nSPS) is 17.9. The molecule has 0 aliphatic carbocycles. The monoisotopic (exact) mass is 276 g/mol. The largest absolute Gasteiger partial charge is 1.00 e. The molecule has 1 aromatic rings. The van der Waals surface area contributed by atoms with Gasteiger partial charge in [0, 0.05) is 6.42 Å². The molecule has 1 unspecified atom stereocenters. The van der Waals surface area contributed by atoms with E-state index >= 15 is 0 Å². The van der Waals surface area contributed by atoms with Crippen molar-refractivity contribution in [2.24, 2.45) is 0 Å². The van der Waals surface area contributed by atoms with Gasteiger partial charge in [-0.15, -0.1) is 0 Å². The number of rotatable bonds is 2. The molecule has 106 valence electrons. The molecule has 1 aliphatic rings. The molecule has 2 N–H and O–H groups in total. The summed E-state index contributed by atoms with van der Waals surface area (Å²) < 4.78 is 10.3. The van der Waals surface area contributed by atoms with Crippen LogP contribution in [0.3, 0.4) is 0 Å². The van der Waals surface area contributed by atoms with Crippen molar-refractivity contribution in [2.75, 3.05) is 0 Å². The molecule has 1 aliphatic heterocycles. The number of carbonyl (C=O) groups excluding carboxylic acids is 1. The third-order valence-electron chi connectivity index (χ3n) is 2.56. The Balaban J connectivity index is 0.00000200. The molecule has 1 aromatic heterocycles. The maximum Gasteiger partial charge on any atom is 1.00 e. The van der Waals surface area contributed by atoms with E-state index in [1.165, 1.54) is 0 Å². The van der Waals surface area contributed by atoms with Crippen LogP contribution in [0.4, 0.5) is 0 Å². The molecule has 2 rings (SSSR count). The number of nitrogens with zero attached hydrogens (tertiary/aromatic N) is 1. The Labute approximate surface area is 129 Å². The summed E-state index contributed by atoms with van der Waals surface area (Å²) in [6.07, 6.45) is 0.265. The Morgan fingerprint density at radius 3 is 2.70 bits per heavy atom. The van der Waals surface area contributed by atoms with E-state index in [2.05, 4.69) is 10.3 Å². The standard InChI is InChI=1S/C12H16N2O5.Li.H/c1-12(2,3)19-11(17)7-4-6-8(5-13-7)18-9(14-6)10(15)16;;/h7,13H,4-5H2,1-3H3,(H,15,16);;/q;+1;-1. The number of ether oxygens (including phenoxy) is 1. The molecule has 0 bridgehead atoms. The van der Waals surface area contributed by atoms with Crippen LogP contribution < -0.4 is 24.2 Å². The summed E-state index contributed by atoms with van der Waals surface area (Å²) in [6.45, 7) is 5.63. The first-order valence-electron chi connectivity index (χ1n) is 5.94. The molecule has 8 heteroatoms. The van der Waals surface area contributed by atoms with Gasteiger partial charge in [-0.25, -0.2) is 9.78 Å². The first kappa shape index (κ1) is 16.8. The van der Waals surface area contributed by atoms with Crippen LogP contribution >= 0.6 is 0 Å². The SMILES string of the molecule is CC(C)(C)OC(=O)C1Cc2nc(C(=O)O)oc2CN1.[H-].[Li+]. The Bertz CT molecular complexity index is 526. The number of nitrogens with one attached hydrogen (secondary N) is 1. The number of oxazole rings is 1. The van der Waals surface area contributed by atoms with Crippen molar-refractivity contribution in [3.05, 3.63) is 17.3 Å². The van der Waals surface area contributed by atoms with Gasteiger partial charge >= 0.3 is 36.7 Å². The summed E-state index contributed by atoms with van der Waals surface area (Å²) in [5.74, 6) is -1.49. The Hall–Kier alpha value is -1.29. The van der Waals surface area contributed by atoms with Gasteiger partial charge in [0.2, 0.25) is 0 Å². The Kier molecular flexibility index (Phi) is 5.03. The smallest absolute Gasteiger partial charge is 1.00 e. The van der Waals surface area contributed by atoms with Crippen molar-refractivity contribution in [3.8, 4) is 0 Å². The molecule has 0 radical (unpaired) electrons. The Morgan fingerprint density at radius 2 is 2.15 bits per heavy atom. The summed E-state index contributed by atoms with van der Waals surface area (Å²) in [7, 11) is 0. The van der Waals surface area contributed by atoms with Gasteiger partial charge in [-0.3, -0.25) is 10.1 Å². The van der Waals surface area contributed by atoms with Crippen LogP contribution in [0.15, 0.2) is 4.42 Å². The summed E-state index contributed by atoms with van der Waals surface area (Å²) >= 11 is 0. The van der Waals surface area contributed by atoms with Crippen LogP contribution in [0.25, 0.3) is 0 Å². The average Bonchev–Trinajstić information content (AvgIpc) is 2.69. The summed E-state index contributed by atoms with van der Waals surface area (Å²) in [4.78, 5) is 26.5. The first-order chi connectivity index (χ1) is 8.76. The molecule has 1 atom stereocenters. The molecule has 0 amide bonds. The second kappa shape index (κ2) is 6.00. The van der Waals surface area contributed by atoms with Gasteiger partial charge in [-0.1, -0.05) is 0 Å². The van der Waals surface area contributed by atoms with Gasteiger partial charge in [-0.05, 0) is 20.8 Å². The summed E-state index contributed by atoms with van der Waals surface area (Å²) in [6, 6.07) is -0.529. The fraction of sp³-hybridized carbons (Fsp3) is 0.583. The van der Waals surface area contributed by atoms with E-state index in [4.69, 9.17) is 14.3 Å². The number of hydrogen-bond acceptors (Lipinski definition) is 6. The van der Waals surface area contributed by atoms with Crippen molar-refractivity contribution < 1.29 is 44.1 Å². The number of carboxylic acids is 1. The van der Waals surface area contributed by atoms with E-state index in [9.17, 15) is 9.59 Å². The number of carbonyl (C=O) groups is 2. The minimum Gasteiger partial charge on any atom is -1.00 e. The van der Waals surface area contributed by atoms with Crippen molar-refractivity contribution in [3.63, 3.8) is 0 Å². The fourth-order valence-corrected chi connectivity index (χ4v) is 1.79. The van der Waals surface area contributed by atoms with Crippen LogP contribution in [-0.2, 0) is 22.5 Å². The minimum atomic E-state index is -1.22. The third kappa shape index (κ3) is 3.85. The number of esters is 1. The molecule has 0 saturated carbocycles. The molecular weight excluding hydrogens is 259 g/mol. The molecule has 20 heavy (non-hydrogen) atoms. The van der Waals surface area contributed by atoms with Crippen molar-refractivity contribution in [1.82, 2.24) is 10.3 Å². The van der Waals surface area contributed by atoms with E-state index in [0.29, 0.717) is 11.5 Å². The quantitative estimate of drug-likeness (QED) is 0.469. The molecular formula is C12H17LiN2O5. The van der Waals surface area contributed by atoms with Crippen molar-refractivity contribution in [2.45, 2.75) is 45.4 Å². The summed E-state index contributed by atoms with van der Waals surface area (Å²) in [5, 5.41) is 11.7. The number of hydrogen-bond donors (Lipinski definition) is 2. The van der Waals surface area contributed by atoms with Gasteiger partial charge in [0.25, 0.3) is 0 Å². The van der Waals surface area contributed by atoms with Gasteiger partial charge < -0.3 is 15.7 Å². The van der Waals surface area contributed by atoms with E-state index in [1.807, 2.05) is 0 Å². The van der Waals surface area contributed by atoms with Crippen molar-refractivity contribution >= 4 is 11.9 Å². The number of carboxylic acid groups (broad SMARTS) is 1. The van der Waals surface area contributed by atoms with Crippen molar-refractivity contribution in [1.29, 1.82) is 0 Å². The van der Waals surface area contributed by atoms with Gasteiger partial charge in [0.05, 0.1) is 12.2 Å². The zero-order valence-electron chi connectivity index (χ0n) is 13.0. The predicted octanol–water partition coefficient (Wildman–Crippen LogP) is -2.15. The number of fused-ring (bicyclic) bond motifs is 1. The first-order valence-corrected chi connectivity index (χ1v) is 5.94. The van der Waals surface area contributed by atoms with Crippen LogP contribution in [0.1, 0.15) is 44.3 Å². The topological polar surface area (TPSA) is 102 Å². The second-order valence-corrected chi connectivity index (χ2v) is 5.37. The van der Waals surface area contributed by atoms with Gasteiger partial charge in [0.1, 0.15) is 17.4 Å². The molecule has 0 fully saturated rings.